The first-order chi connectivity index (χ1) is 7.77. The van der Waals surface area contributed by atoms with Crippen LogP contribution in [0.5, 0.6) is 5.75 Å². The SMILES string of the molecule is CCCCOP(OC)Oc1ccccc1C. The normalized spacial score (nSPS) is 12.4. The molecule has 0 spiro atoms. The molecule has 0 aromatic heterocycles. The van der Waals surface area contributed by atoms with Crippen LogP contribution in [0.1, 0.15) is 25.3 Å². The lowest BCUT2D eigenvalue weighted by Crippen LogP contribution is -1.97. The molecular weight excluding hydrogens is 223 g/mol. The van der Waals surface area contributed by atoms with Crippen molar-refractivity contribution in [2.45, 2.75) is 26.7 Å². The Morgan fingerprint density at radius 3 is 2.62 bits per heavy atom. The summed E-state index contributed by atoms with van der Waals surface area (Å²) in [6.07, 6.45) is 2.14. The smallest absolute Gasteiger partial charge is 0.396 e. The largest absolute Gasteiger partial charge is 0.426 e. The highest BCUT2D eigenvalue weighted by Gasteiger charge is 2.13. The first kappa shape index (κ1) is 13.4. The second-order valence-corrected chi connectivity index (χ2v) is 4.70. The van der Waals surface area contributed by atoms with Gasteiger partial charge < -0.3 is 13.6 Å². The molecule has 0 bridgehead atoms. The van der Waals surface area contributed by atoms with Gasteiger partial charge in [0.15, 0.2) is 0 Å². The lowest BCUT2D eigenvalue weighted by Gasteiger charge is -2.16. The molecule has 1 atom stereocenters. The Morgan fingerprint density at radius 2 is 2.00 bits per heavy atom. The maximum atomic E-state index is 5.66. The van der Waals surface area contributed by atoms with Gasteiger partial charge in [-0.2, -0.15) is 0 Å². The van der Waals surface area contributed by atoms with Crippen molar-refractivity contribution < 1.29 is 13.6 Å². The van der Waals surface area contributed by atoms with Crippen LogP contribution in [0.3, 0.4) is 0 Å². The van der Waals surface area contributed by atoms with Crippen LogP contribution >= 0.6 is 8.60 Å². The van der Waals surface area contributed by atoms with Crippen LogP contribution in [-0.2, 0) is 9.05 Å². The lowest BCUT2D eigenvalue weighted by molar-refractivity contribution is 0.231. The van der Waals surface area contributed by atoms with Gasteiger partial charge in [0.1, 0.15) is 5.75 Å². The van der Waals surface area contributed by atoms with Crippen molar-refractivity contribution in [2.75, 3.05) is 13.7 Å². The Bertz CT molecular complexity index is 304. The topological polar surface area (TPSA) is 27.7 Å². The number of benzene rings is 1. The Morgan fingerprint density at radius 1 is 1.25 bits per heavy atom. The molecule has 16 heavy (non-hydrogen) atoms. The molecule has 0 aliphatic rings. The minimum absolute atomic E-state index is 0.682. The highest BCUT2D eigenvalue weighted by Crippen LogP contribution is 2.40. The third-order valence-electron chi connectivity index (χ3n) is 2.11. The van der Waals surface area contributed by atoms with Crippen LogP contribution < -0.4 is 4.52 Å². The third kappa shape index (κ3) is 4.48. The van der Waals surface area contributed by atoms with Gasteiger partial charge in [0, 0.05) is 7.11 Å². The minimum Gasteiger partial charge on any atom is -0.426 e. The van der Waals surface area contributed by atoms with Crippen LogP contribution in [0.2, 0.25) is 0 Å². The molecule has 0 aliphatic heterocycles. The van der Waals surface area contributed by atoms with Gasteiger partial charge >= 0.3 is 8.60 Å². The molecule has 0 saturated carbocycles. The summed E-state index contributed by atoms with van der Waals surface area (Å²) in [4.78, 5) is 0. The molecule has 0 N–H and O–H groups in total. The number of hydrogen-bond acceptors (Lipinski definition) is 3. The average molecular weight is 242 g/mol. The molecular formula is C12H19O3P. The van der Waals surface area contributed by atoms with E-state index in [1.165, 1.54) is 0 Å². The standard InChI is InChI=1S/C12H19O3P/c1-4-5-10-14-16(13-3)15-12-9-7-6-8-11(12)2/h6-9H,4-5,10H2,1-3H3. The highest BCUT2D eigenvalue weighted by molar-refractivity contribution is 7.42. The number of aryl methyl sites for hydroxylation is 1. The van der Waals surface area contributed by atoms with Crippen molar-refractivity contribution in [3.05, 3.63) is 29.8 Å². The van der Waals surface area contributed by atoms with E-state index in [1.54, 1.807) is 7.11 Å². The molecule has 4 heteroatoms. The predicted molar refractivity (Wildman–Crippen MR) is 66.6 cm³/mol. The van der Waals surface area contributed by atoms with Crippen LogP contribution in [-0.4, -0.2) is 13.7 Å². The fourth-order valence-corrected chi connectivity index (χ4v) is 2.02. The second kappa shape index (κ2) is 7.61. The maximum absolute atomic E-state index is 5.66. The van der Waals surface area contributed by atoms with E-state index in [9.17, 15) is 0 Å². The molecule has 90 valence electrons. The van der Waals surface area contributed by atoms with Gasteiger partial charge in [-0.15, -0.1) is 0 Å². The van der Waals surface area contributed by atoms with E-state index in [0.29, 0.717) is 6.61 Å². The van der Waals surface area contributed by atoms with Crippen molar-refractivity contribution in [3.63, 3.8) is 0 Å². The van der Waals surface area contributed by atoms with Crippen molar-refractivity contribution in [3.8, 4) is 5.75 Å². The zero-order valence-corrected chi connectivity index (χ0v) is 11.0. The molecule has 0 radical (unpaired) electrons. The fourth-order valence-electron chi connectivity index (χ4n) is 1.14. The summed E-state index contributed by atoms with van der Waals surface area (Å²) < 4.78 is 16.3. The lowest BCUT2D eigenvalue weighted by atomic mass is 10.2. The average Bonchev–Trinajstić information content (AvgIpc) is 2.30. The van der Waals surface area contributed by atoms with Gasteiger partial charge in [-0.3, -0.25) is 0 Å². The van der Waals surface area contributed by atoms with Crippen LogP contribution in [0.25, 0.3) is 0 Å². The van der Waals surface area contributed by atoms with Crippen molar-refractivity contribution in [2.24, 2.45) is 0 Å². The quantitative estimate of drug-likeness (QED) is 0.533. The maximum Gasteiger partial charge on any atom is 0.396 e. The van der Waals surface area contributed by atoms with Crippen molar-refractivity contribution in [1.29, 1.82) is 0 Å². The van der Waals surface area contributed by atoms with E-state index in [0.717, 1.165) is 24.2 Å². The monoisotopic (exact) mass is 242 g/mol. The Balaban J connectivity index is 2.46. The van der Waals surface area contributed by atoms with Crippen LogP contribution in [0.15, 0.2) is 24.3 Å². The summed E-state index contributed by atoms with van der Waals surface area (Å²) in [5, 5.41) is 0. The molecule has 0 aliphatic carbocycles. The van der Waals surface area contributed by atoms with E-state index in [4.69, 9.17) is 13.6 Å². The van der Waals surface area contributed by atoms with E-state index in [1.807, 2.05) is 31.2 Å². The van der Waals surface area contributed by atoms with Crippen LogP contribution in [0.4, 0.5) is 0 Å². The first-order valence-corrected chi connectivity index (χ1v) is 6.58. The van der Waals surface area contributed by atoms with E-state index < -0.39 is 8.60 Å². The molecule has 3 nitrogen and oxygen atoms in total. The summed E-state index contributed by atoms with van der Waals surface area (Å²) >= 11 is 0. The van der Waals surface area contributed by atoms with Gasteiger partial charge in [-0.1, -0.05) is 31.5 Å². The summed E-state index contributed by atoms with van der Waals surface area (Å²) in [7, 11) is 0.345. The number of para-hydroxylation sites is 1. The van der Waals surface area contributed by atoms with Crippen molar-refractivity contribution >= 4 is 8.60 Å². The Kier molecular flexibility index (Phi) is 6.39. The van der Waals surface area contributed by atoms with Gasteiger partial charge in [0.2, 0.25) is 0 Å². The zero-order valence-electron chi connectivity index (χ0n) is 10.1. The highest BCUT2D eigenvalue weighted by atomic mass is 31.2. The van der Waals surface area contributed by atoms with E-state index in [-0.39, 0.29) is 0 Å². The van der Waals surface area contributed by atoms with Gasteiger partial charge in [0.25, 0.3) is 0 Å². The summed E-state index contributed by atoms with van der Waals surface area (Å²) in [5.74, 6) is 0.826. The minimum atomic E-state index is -1.26. The third-order valence-corrected chi connectivity index (χ3v) is 3.15. The number of hydrogen-bond donors (Lipinski definition) is 0. The molecule has 0 amide bonds. The van der Waals surface area contributed by atoms with E-state index in [2.05, 4.69) is 6.92 Å². The molecule has 0 saturated heterocycles. The van der Waals surface area contributed by atoms with Crippen LogP contribution in [0, 0.1) is 6.92 Å². The number of unbranched alkanes of at least 4 members (excludes halogenated alkanes) is 1. The molecule has 1 rings (SSSR count). The Labute approximate surface area is 98.7 Å². The Hall–Kier alpha value is -0.630. The molecule has 1 aromatic rings. The molecule has 1 aromatic carbocycles. The fraction of sp³-hybridized carbons (Fsp3) is 0.500. The summed E-state index contributed by atoms with van der Waals surface area (Å²) in [6, 6.07) is 7.85. The second-order valence-electron chi connectivity index (χ2n) is 3.45. The molecule has 0 fully saturated rings. The van der Waals surface area contributed by atoms with Gasteiger partial charge in [-0.05, 0) is 25.0 Å². The predicted octanol–water partition coefficient (Wildman–Crippen LogP) is 4.06. The summed E-state index contributed by atoms with van der Waals surface area (Å²) in [5.41, 5.74) is 1.09. The number of rotatable bonds is 7. The van der Waals surface area contributed by atoms with Gasteiger partial charge in [-0.25, -0.2) is 0 Å². The summed E-state index contributed by atoms with van der Waals surface area (Å²) in [6.45, 7) is 4.81. The zero-order chi connectivity index (χ0) is 11.8. The first-order valence-electron chi connectivity index (χ1n) is 5.48. The van der Waals surface area contributed by atoms with E-state index >= 15 is 0 Å². The van der Waals surface area contributed by atoms with Gasteiger partial charge in [0.05, 0.1) is 6.61 Å². The molecule has 1 unspecified atom stereocenters. The molecule has 0 heterocycles. The van der Waals surface area contributed by atoms with Crippen molar-refractivity contribution in [1.82, 2.24) is 0 Å².